The minimum Gasteiger partial charge on any atom is -0.493 e. The van der Waals surface area contributed by atoms with Crippen LogP contribution in [-0.4, -0.2) is 107 Å². The fraction of sp³-hybridized carbons (Fsp3) is 0.667. The topological polar surface area (TPSA) is 89.6 Å². The molecule has 2 fully saturated rings. The Labute approximate surface area is 236 Å². The molecule has 0 aromatic heterocycles. The number of ether oxygens (including phenoxy) is 4. The van der Waals surface area contributed by atoms with Crippen molar-refractivity contribution in [3.8, 4) is 5.75 Å². The monoisotopic (exact) mass is 561 g/mol. The van der Waals surface area contributed by atoms with Gasteiger partial charge in [0.2, 0.25) is 11.8 Å². The van der Waals surface area contributed by atoms with E-state index in [4.69, 9.17) is 18.9 Å². The van der Waals surface area contributed by atoms with Crippen LogP contribution in [0.25, 0.3) is 0 Å². The third-order valence-corrected chi connectivity index (χ3v) is 8.24. The molecule has 4 rings (SSSR count). The van der Waals surface area contributed by atoms with Crippen LogP contribution in [0.5, 0.6) is 5.75 Å². The van der Waals surface area contributed by atoms with Crippen LogP contribution in [0.1, 0.15) is 30.4 Å². The third-order valence-electron chi connectivity index (χ3n) is 8.24. The van der Waals surface area contributed by atoms with Gasteiger partial charge in [0.1, 0.15) is 18.2 Å². The molecule has 2 saturated heterocycles. The smallest absolute Gasteiger partial charge is 0.248 e. The molecule has 2 amide bonds. The standard InChI is InChI=1S/C30H44FN3O6/c1-3-29(35)32-9-13-37-14-15-38-16-17-39-21-30(36)34-10-6-23-18-22(20-33(2)27(23)7-11-34)19-25-24-8-12-40-28(24)5-4-26(25)31/h3-5,22-23,27H,1,6-21H2,2H3,(H,32,35)/t22-,23-,27+/m1/s1. The predicted octanol–water partition coefficient (Wildman–Crippen LogP) is 2.21. The van der Waals surface area contributed by atoms with Crippen molar-refractivity contribution in [2.75, 3.05) is 79.5 Å². The lowest BCUT2D eigenvalue weighted by Crippen LogP contribution is -2.47. The highest BCUT2D eigenvalue weighted by atomic mass is 19.1. The van der Waals surface area contributed by atoms with Gasteiger partial charge < -0.3 is 34.1 Å². The van der Waals surface area contributed by atoms with Crippen molar-refractivity contribution in [1.82, 2.24) is 15.1 Å². The van der Waals surface area contributed by atoms with E-state index in [2.05, 4.69) is 23.8 Å². The van der Waals surface area contributed by atoms with E-state index in [-0.39, 0.29) is 24.2 Å². The number of hydrogen-bond acceptors (Lipinski definition) is 7. The van der Waals surface area contributed by atoms with Crippen LogP contribution in [0.2, 0.25) is 0 Å². The molecule has 40 heavy (non-hydrogen) atoms. The first-order chi connectivity index (χ1) is 19.5. The highest BCUT2D eigenvalue weighted by molar-refractivity contribution is 5.86. The molecule has 0 saturated carbocycles. The van der Waals surface area contributed by atoms with Crippen molar-refractivity contribution in [3.63, 3.8) is 0 Å². The van der Waals surface area contributed by atoms with Crippen molar-refractivity contribution in [2.45, 2.75) is 38.1 Å². The van der Waals surface area contributed by atoms with Gasteiger partial charge in [-0.15, -0.1) is 0 Å². The molecule has 222 valence electrons. The number of fused-ring (bicyclic) bond motifs is 2. The van der Waals surface area contributed by atoms with Gasteiger partial charge in [0.05, 0.1) is 39.6 Å². The number of carbonyl (C=O) groups excluding carboxylic acids is 2. The Bertz CT molecular complexity index is 1010. The first-order valence-electron chi connectivity index (χ1n) is 14.5. The first kappa shape index (κ1) is 30.4. The summed E-state index contributed by atoms with van der Waals surface area (Å²) in [4.78, 5) is 28.2. The Morgan fingerprint density at radius 3 is 2.67 bits per heavy atom. The average molecular weight is 562 g/mol. The minimum absolute atomic E-state index is 0.0182. The Hall–Kier alpha value is -2.53. The largest absolute Gasteiger partial charge is 0.493 e. The molecule has 3 heterocycles. The lowest BCUT2D eigenvalue weighted by Gasteiger charge is -2.42. The SMILES string of the molecule is C=CC(=O)NCCOCCOCCOCC(=O)N1CC[C@@H]2C[C@H](Cc3c(F)ccc4c3CCO4)CN(C)[C@H]2CC1. The summed E-state index contributed by atoms with van der Waals surface area (Å²) in [5.74, 6) is 1.41. The van der Waals surface area contributed by atoms with Crippen LogP contribution in [0, 0.1) is 17.7 Å². The second-order valence-electron chi connectivity index (χ2n) is 10.9. The predicted molar refractivity (Wildman–Crippen MR) is 149 cm³/mol. The van der Waals surface area contributed by atoms with Crippen molar-refractivity contribution >= 4 is 11.8 Å². The van der Waals surface area contributed by atoms with Crippen LogP contribution in [0.4, 0.5) is 4.39 Å². The van der Waals surface area contributed by atoms with Gasteiger partial charge >= 0.3 is 0 Å². The Kier molecular flexibility index (Phi) is 11.8. The Morgan fingerprint density at radius 2 is 1.88 bits per heavy atom. The van der Waals surface area contributed by atoms with E-state index < -0.39 is 0 Å². The van der Waals surface area contributed by atoms with Gasteiger partial charge in [0.15, 0.2) is 0 Å². The van der Waals surface area contributed by atoms with Gasteiger partial charge in [-0.2, -0.15) is 0 Å². The molecular weight excluding hydrogens is 517 g/mol. The number of piperidine rings is 1. The van der Waals surface area contributed by atoms with Crippen molar-refractivity contribution in [1.29, 1.82) is 0 Å². The van der Waals surface area contributed by atoms with Crippen LogP contribution in [0.3, 0.4) is 0 Å². The van der Waals surface area contributed by atoms with Gasteiger partial charge in [0, 0.05) is 44.2 Å². The summed E-state index contributed by atoms with van der Waals surface area (Å²) in [5, 5.41) is 2.63. The summed E-state index contributed by atoms with van der Waals surface area (Å²) in [6.45, 7) is 8.89. The maximum absolute atomic E-state index is 14.8. The number of nitrogens with one attached hydrogen (secondary N) is 1. The van der Waals surface area contributed by atoms with E-state index in [9.17, 15) is 14.0 Å². The van der Waals surface area contributed by atoms with Crippen LogP contribution >= 0.6 is 0 Å². The van der Waals surface area contributed by atoms with E-state index >= 15 is 0 Å². The van der Waals surface area contributed by atoms with E-state index in [1.807, 2.05) is 4.90 Å². The fourth-order valence-corrected chi connectivity index (χ4v) is 6.28. The number of likely N-dealkylation sites (tertiary alicyclic amines) is 2. The lowest BCUT2D eigenvalue weighted by molar-refractivity contribution is -0.136. The Balaban J connectivity index is 1.12. The highest BCUT2D eigenvalue weighted by Crippen LogP contribution is 2.37. The quantitative estimate of drug-likeness (QED) is 0.275. The van der Waals surface area contributed by atoms with Crippen molar-refractivity contribution in [2.24, 2.45) is 11.8 Å². The summed E-state index contributed by atoms with van der Waals surface area (Å²) in [5.41, 5.74) is 1.88. The molecule has 10 heteroatoms. The first-order valence-corrected chi connectivity index (χ1v) is 14.5. The zero-order valence-electron chi connectivity index (χ0n) is 23.7. The zero-order chi connectivity index (χ0) is 28.3. The third kappa shape index (κ3) is 8.49. The summed E-state index contributed by atoms with van der Waals surface area (Å²) >= 11 is 0. The zero-order valence-corrected chi connectivity index (χ0v) is 23.7. The molecule has 1 aromatic carbocycles. The van der Waals surface area contributed by atoms with Gasteiger partial charge in [-0.1, -0.05) is 6.58 Å². The maximum atomic E-state index is 14.8. The Morgan fingerprint density at radius 1 is 1.12 bits per heavy atom. The van der Waals surface area contributed by atoms with Crippen LogP contribution in [-0.2, 0) is 36.6 Å². The summed E-state index contributed by atoms with van der Waals surface area (Å²) < 4.78 is 36.9. The van der Waals surface area contributed by atoms with Gasteiger partial charge in [-0.3, -0.25) is 9.59 Å². The summed E-state index contributed by atoms with van der Waals surface area (Å²) in [7, 11) is 2.17. The molecule has 0 bridgehead atoms. The van der Waals surface area contributed by atoms with E-state index in [1.54, 1.807) is 12.1 Å². The van der Waals surface area contributed by atoms with Crippen LogP contribution in [0.15, 0.2) is 24.8 Å². The molecule has 3 aliphatic rings. The molecule has 3 atom stereocenters. The molecule has 3 aliphatic heterocycles. The number of halogens is 1. The van der Waals surface area contributed by atoms with E-state index in [0.717, 1.165) is 68.6 Å². The van der Waals surface area contributed by atoms with Gasteiger partial charge in [0.25, 0.3) is 0 Å². The summed E-state index contributed by atoms with van der Waals surface area (Å²) in [6, 6.07) is 3.74. The molecule has 1 N–H and O–H groups in total. The van der Waals surface area contributed by atoms with Gasteiger partial charge in [-0.25, -0.2) is 4.39 Å². The molecule has 0 unspecified atom stereocenters. The molecule has 0 spiro atoms. The van der Waals surface area contributed by atoms with E-state index in [1.165, 1.54) is 6.08 Å². The molecule has 0 aliphatic carbocycles. The second-order valence-corrected chi connectivity index (χ2v) is 10.9. The van der Waals surface area contributed by atoms with Crippen molar-refractivity contribution in [3.05, 3.63) is 41.7 Å². The average Bonchev–Trinajstić information content (AvgIpc) is 3.32. The molecule has 0 radical (unpaired) electrons. The number of hydrogen-bond donors (Lipinski definition) is 1. The minimum atomic E-state index is -0.221. The number of benzene rings is 1. The van der Waals surface area contributed by atoms with Crippen LogP contribution < -0.4 is 10.1 Å². The molecular formula is C30H44FN3O6. The number of carbonyl (C=O) groups is 2. The summed E-state index contributed by atoms with van der Waals surface area (Å²) in [6.07, 6.45) is 5.71. The van der Waals surface area contributed by atoms with E-state index in [0.29, 0.717) is 64.1 Å². The fourth-order valence-electron chi connectivity index (χ4n) is 6.28. The normalized spacial score (nSPS) is 22.6. The number of nitrogens with zero attached hydrogens (tertiary/aromatic N) is 2. The van der Waals surface area contributed by atoms with Crippen molar-refractivity contribution < 1.29 is 32.9 Å². The number of rotatable bonds is 14. The lowest BCUT2D eigenvalue weighted by atomic mass is 9.78. The number of amides is 2. The second kappa shape index (κ2) is 15.5. The molecule has 9 nitrogen and oxygen atoms in total. The van der Waals surface area contributed by atoms with Gasteiger partial charge in [-0.05, 0) is 68.3 Å². The maximum Gasteiger partial charge on any atom is 0.248 e. The molecule has 1 aromatic rings. The highest BCUT2D eigenvalue weighted by Gasteiger charge is 2.37.